The van der Waals surface area contributed by atoms with E-state index in [1.54, 1.807) is 12.1 Å². The quantitative estimate of drug-likeness (QED) is 0.0204. The van der Waals surface area contributed by atoms with Crippen LogP contribution in [-0.2, 0) is 48.1 Å². The minimum absolute atomic E-state index is 0.0271. The Labute approximate surface area is 362 Å². The summed E-state index contributed by atoms with van der Waals surface area (Å²) in [4.78, 5) is 135. The molecule has 0 saturated heterocycles. The second-order valence-corrected chi connectivity index (χ2v) is 13.5. The Kier molecular flexibility index (Phi) is 18.0. The highest BCUT2D eigenvalue weighted by atomic mass is 17.2. The van der Waals surface area contributed by atoms with E-state index in [1.807, 2.05) is 0 Å². The summed E-state index contributed by atoms with van der Waals surface area (Å²) < 4.78 is 11.3. The van der Waals surface area contributed by atoms with Crippen LogP contribution in [0.25, 0.3) is 0 Å². The maximum atomic E-state index is 12.8. The SMILES string of the molecule is CC(CC(=O)NC(CC(=O)OOC(=O)CC(NC(=O)CCCOc1ccc(C(=O)c2ccc(N=C=O)cc2)cc1)C(=O)O)C(=O)O)Oc1ccc(C(=O)c2ccc(N=C=O)cc2)cc1. The van der Waals surface area contributed by atoms with E-state index in [0.29, 0.717) is 39.4 Å². The van der Waals surface area contributed by atoms with Crippen molar-refractivity contribution in [1.82, 2.24) is 10.6 Å². The second kappa shape index (κ2) is 24.0. The number of nitrogens with one attached hydrogen (secondary N) is 2. The van der Waals surface area contributed by atoms with Crippen molar-refractivity contribution in [1.29, 1.82) is 0 Å². The van der Waals surface area contributed by atoms with E-state index in [-0.39, 0.29) is 43.2 Å². The zero-order valence-electron chi connectivity index (χ0n) is 33.7. The number of nitrogens with zero attached hydrogens (tertiary/aromatic N) is 2. The van der Waals surface area contributed by atoms with Crippen molar-refractivity contribution in [2.24, 2.45) is 9.98 Å². The van der Waals surface area contributed by atoms with Crippen LogP contribution in [0.1, 0.15) is 70.9 Å². The molecule has 3 unspecified atom stereocenters. The average molecular weight is 879 g/mol. The van der Waals surface area contributed by atoms with E-state index in [2.05, 4.69) is 30.4 Å². The molecule has 64 heavy (non-hydrogen) atoms. The summed E-state index contributed by atoms with van der Waals surface area (Å²) in [7, 11) is 0. The molecule has 4 rings (SSSR count). The van der Waals surface area contributed by atoms with Crippen LogP contribution in [0.5, 0.6) is 11.5 Å². The number of hydrogen-bond donors (Lipinski definition) is 4. The number of carboxylic acids is 2. The lowest BCUT2D eigenvalue weighted by Gasteiger charge is -2.17. The van der Waals surface area contributed by atoms with Gasteiger partial charge in [0, 0.05) is 28.7 Å². The predicted molar refractivity (Wildman–Crippen MR) is 218 cm³/mol. The number of rotatable bonds is 23. The molecule has 0 spiro atoms. The first-order valence-corrected chi connectivity index (χ1v) is 19.0. The first-order valence-electron chi connectivity index (χ1n) is 19.0. The summed E-state index contributed by atoms with van der Waals surface area (Å²) in [5.41, 5.74) is 2.08. The molecule has 0 aliphatic carbocycles. The number of aliphatic carboxylic acids is 2. The van der Waals surface area contributed by atoms with Crippen molar-refractivity contribution in [3.63, 3.8) is 0 Å². The zero-order valence-corrected chi connectivity index (χ0v) is 33.7. The summed E-state index contributed by atoms with van der Waals surface area (Å²) in [6, 6.07) is 20.5. The molecular formula is C44H38N4O16. The Morgan fingerprint density at radius 2 is 0.953 bits per heavy atom. The normalized spacial score (nSPS) is 11.7. The van der Waals surface area contributed by atoms with E-state index >= 15 is 0 Å². The number of carboxylic acid groups (broad SMARTS) is 2. The van der Waals surface area contributed by atoms with Crippen LogP contribution in [-0.4, -0.2) is 94.4 Å². The average Bonchev–Trinajstić information content (AvgIpc) is 3.27. The van der Waals surface area contributed by atoms with Gasteiger partial charge in [-0.1, -0.05) is 0 Å². The second-order valence-electron chi connectivity index (χ2n) is 13.5. The van der Waals surface area contributed by atoms with Crippen LogP contribution in [0.4, 0.5) is 11.4 Å². The Morgan fingerprint density at radius 3 is 1.36 bits per heavy atom. The third-order valence-electron chi connectivity index (χ3n) is 8.70. The van der Waals surface area contributed by atoms with Gasteiger partial charge < -0.3 is 30.3 Å². The van der Waals surface area contributed by atoms with Gasteiger partial charge in [0.15, 0.2) is 11.6 Å². The fourth-order valence-electron chi connectivity index (χ4n) is 5.57. The number of carbonyl (C=O) groups is 8. The fourth-order valence-corrected chi connectivity index (χ4v) is 5.57. The van der Waals surface area contributed by atoms with Crippen molar-refractivity contribution in [3.8, 4) is 11.5 Å². The molecule has 0 aliphatic rings. The minimum Gasteiger partial charge on any atom is -0.494 e. The first kappa shape index (κ1) is 48.1. The maximum Gasteiger partial charge on any atom is 0.358 e. The van der Waals surface area contributed by atoms with Gasteiger partial charge >= 0.3 is 23.9 Å². The Hall–Kier alpha value is -8.60. The number of ether oxygens (including phenoxy) is 2. The van der Waals surface area contributed by atoms with Gasteiger partial charge in [0.2, 0.25) is 24.0 Å². The summed E-state index contributed by atoms with van der Waals surface area (Å²) in [5.74, 6) is -7.56. The van der Waals surface area contributed by atoms with E-state index < -0.39 is 66.7 Å². The molecule has 0 heterocycles. The zero-order chi connectivity index (χ0) is 46.6. The molecule has 4 N–H and O–H groups in total. The van der Waals surface area contributed by atoms with Gasteiger partial charge in [-0.05, 0) is 110 Å². The molecule has 2 amide bonds. The third kappa shape index (κ3) is 15.5. The molecule has 0 aliphatic heterocycles. The van der Waals surface area contributed by atoms with Crippen molar-refractivity contribution in [3.05, 3.63) is 119 Å². The summed E-state index contributed by atoms with van der Waals surface area (Å²) >= 11 is 0. The Balaban J connectivity index is 1.14. The predicted octanol–water partition coefficient (Wildman–Crippen LogP) is 4.02. The van der Waals surface area contributed by atoms with E-state index in [9.17, 15) is 58.2 Å². The van der Waals surface area contributed by atoms with Gasteiger partial charge in [-0.15, -0.1) is 0 Å². The summed E-state index contributed by atoms with van der Waals surface area (Å²) in [5, 5.41) is 23.3. The summed E-state index contributed by atoms with van der Waals surface area (Å²) in [6.07, 6.45) is -0.405. The van der Waals surface area contributed by atoms with Crippen LogP contribution in [0.3, 0.4) is 0 Å². The highest BCUT2D eigenvalue weighted by Crippen LogP contribution is 2.21. The molecule has 0 bridgehead atoms. The van der Waals surface area contributed by atoms with Gasteiger partial charge in [-0.3, -0.25) is 19.2 Å². The number of carbonyl (C=O) groups excluding carboxylic acids is 8. The van der Waals surface area contributed by atoms with E-state index in [0.717, 1.165) is 0 Å². The van der Waals surface area contributed by atoms with Crippen LogP contribution >= 0.6 is 0 Å². The monoisotopic (exact) mass is 878 g/mol. The van der Waals surface area contributed by atoms with Gasteiger partial charge in [0.1, 0.15) is 29.7 Å². The molecule has 4 aromatic carbocycles. The highest BCUT2D eigenvalue weighted by molar-refractivity contribution is 6.09. The smallest absolute Gasteiger partial charge is 0.358 e. The molecule has 0 saturated carbocycles. The van der Waals surface area contributed by atoms with E-state index in [1.165, 1.54) is 104 Å². The molecule has 20 nitrogen and oxygen atoms in total. The van der Waals surface area contributed by atoms with Crippen LogP contribution in [0, 0.1) is 0 Å². The molecular weight excluding hydrogens is 840 g/mol. The number of hydrogen-bond acceptors (Lipinski definition) is 16. The Morgan fingerprint density at radius 1 is 0.562 bits per heavy atom. The highest BCUT2D eigenvalue weighted by Gasteiger charge is 2.28. The Bertz CT molecular complexity index is 2440. The van der Waals surface area contributed by atoms with Crippen molar-refractivity contribution < 1.29 is 77.4 Å². The lowest BCUT2D eigenvalue weighted by atomic mass is 10.0. The van der Waals surface area contributed by atoms with Crippen LogP contribution in [0.15, 0.2) is 107 Å². The maximum absolute atomic E-state index is 12.8. The van der Waals surface area contributed by atoms with Crippen LogP contribution < -0.4 is 20.1 Å². The fraction of sp³-hybridized carbons (Fsp3) is 0.227. The molecule has 3 atom stereocenters. The number of isocyanates is 2. The third-order valence-corrected chi connectivity index (χ3v) is 8.70. The molecule has 330 valence electrons. The van der Waals surface area contributed by atoms with E-state index in [4.69, 9.17) is 9.47 Å². The van der Waals surface area contributed by atoms with Crippen molar-refractivity contribution >= 4 is 70.8 Å². The summed E-state index contributed by atoms with van der Waals surface area (Å²) in [6.45, 7) is 1.54. The molecule has 0 aromatic heterocycles. The number of amides is 2. The largest absolute Gasteiger partial charge is 0.494 e. The molecule has 4 aromatic rings. The van der Waals surface area contributed by atoms with Gasteiger partial charge in [0.05, 0.1) is 37.2 Å². The minimum atomic E-state index is -1.82. The standard InChI is InChI=1S/C44H38N4O16/c1-26(62-34-18-10-30(11-19-34)42(56)28-6-14-32(15-7-28)46-25-50)21-38(52)48-36(44(59)60)23-40(54)64-63-39(53)22-35(43(57)58)47-37(51)3-2-20-61-33-16-8-29(9-17-33)41(55)27-4-12-31(13-5-27)45-24-49/h4-19,26,35-36H,2-3,20-23H2,1H3,(H,47,51)(H,48,52)(H,57,58)(H,59,60). The molecule has 0 radical (unpaired) electrons. The van der Waals surface area contributed by atoms with Gasteiger partial charge in [-0.25, -0.2) is 38.5 Å². The first-order chi connectivity index (χ1) is 30.6. The van der Waals surface area contributed by atoms with Crippen LogP contribution in [0.2, 0.25) is 0 Å². The van der Waals surface area contributed by atoms with Crippen molar-refractivity contribution in [2.75, 3.05) is 6.61 Å². The molecule has 0 fully saturated rings. The number of benzene rings is 4. The molecule has 20 heteroatoms. The number of aliphatic imine (C=N–C) groups is 2. The van der Waals surface area contributed by atoms with Gasteiger partial charge in [-0.2, -0.15) is 9.98 Å². The lowest BCUT2D eigenvalue weighted by molar-refractivity contribution is -0.259. The van der Waals surface area contributed by atoms with Gasteiger partial charge in [0.25, 0.3) is 0 Å². The van der Waals surface area contributed by atoms with Crippen molar-refractivity contribution in [2.45, 2.75) is 57.2 Å². The lowest BCUT2D eigenvalue weighted by Crippen LogP contribution is -2.44. The number of ketones is 2. The topological polar surface area (TPSA) is 297 Å².